The van der Waals surface area contributed by atoms with Crippen LogP contribution in [0.1, 0.15) is 53.9 Å². The average Bonchev–Trinajstić information content (AvgIpc) is 1.96. The minimum atomic E-state index is 0.447. The van der Waals surface area contributed by atoms with Crippen LogP contribution in [0.2, 0.25) is 0 Å². The fourth-order valence-corrected chi connectivity index (χ4v) is 1.17. The van der Waals surface area contributed by atoms with E-state index in [0.29, 0.717) is 5.41 Å². The third-order valence-corrected chi connectivity index (χ3v) is 2.19. The van der Waals surface area contributed by atoms with Crippen molar-refractivity contribution in [3.8, 4) is 0 Å². The van der Waals surface area contributed by atoms with Gasteiger partial charge in [-0.15, -0.1) is 0 Å². The van der Waals surface area contributed by atoms with E-state index in [1.807, 2.05) is 0 Å². The zero-order valence-electron chi connectivity index (χ0n) is 9.35. The molecule has 0 bridgehead atoms. The molecule has 0 aliphatic rings. The SMILES string of the molecule is CCC(C=CCC(C)(C)C)CC. The summed E-state index contributed by atoms with van der Waals surface area (Å²) in [5.41, 5.74) is 0.447. The van der Waals surface area contributed by atoms with Crippen LogP contribution in [0.25, 0.3) is 0 Å². The maximum absolute atomic E-state index is 2.38. The van der Waals surface area contributed by atoms with Crippen LogP contribution < -0.4 is 0 Å². The first-order valence-corrected chi connectivity index (χ1v) is 5.16. The van der Waals surface area contributed by atoms with E-state index in [-0.39, 0.29) is 0 Å². The van der Waals surface area contributed by atoms with Gasteiger partial charge < -0.3 is 0 Å². The van der Waals surface area contributed by atoms with Gasteiger partial charge >= 0.3 is 0 Å². The Labute approximate surface area is 78.1 Å². The van der Waals surface area contributed by atoms with Crippen LogP contribution in [0.5, 0.6) is 0 Å². The van der Waals surface area contributed by atoms with Gasteiger partial charge in [-0.1, -0.05) is 46.8 Å². The largest absolute Gasteiger partial charge is 0.0877 e. The molecule has 0 saturated carbocycles. The molecule has 0 aliphatic heterocycles. The quantitative estimate of drug-likeness (QED) is 0.545. The molecule has 0 N–H and O–H groups in total. The summed E-state index contributed by atoms with van der Waals surface area (Å²) in [5.74, 6) is 0.798. The van der Waals surface area contributed by atoms with Gasteiger partial charge in [-0.05, 0) is 30.6 Å². The first kappa shape index (κ1) is 11.7. The van der Waals surface area contributed by atoms with Gasteiger partial charge in [0.25, 0.3) is 0 Å². The zero-order chi connectivity index (χ0) is 9.61. The van der Waals surface area contributed by atoms with E-state index < -0.39 is 0 Å². The lowest BCUT2D eigenvalue weighted by molar-refractivity contribution is 0.419. The molecule has 0 nitrogen and oxygen atoms in total. The fraction of sp³-hybridized carbons (Fsp3) is 0.833. The van der Waals surface area contributed by atoms with Crippen LogP contribution in [0.4, 0.5) is 0 Å². The standard InChI is InChI=1S/C12H24/c1-6-11(7-2)9-8-10-12(3,4)5/h8-9,11H,6-7,10H2,1-5H3. The van der Waals surface area contributed by atoms with Gasteiger partial charge in [0.15, 0.2) is 0 Å². The normalized spacial score (nSPS) is 13.2. The molecule has 72 valence electrons. The molecule has 0 unspecified atom stereocenters. The second kappa shape index (κ2) is 5.40. The monoisotopic (exact) mass is 168 g/mol. The van der Waals surface area contributed by atoms with Crippen LogP contribution in [-0.2, 0) is 0 Å². The molecule has 0 aromatic rings. The second-order valence-corrected chi connectivity index (χ2v) is 4.77. The van der Waals surface area contributed by atoms with Crippen molar-refractivity contribution in [1.29, 1.82) is 0 Å². The first-order chi connectivity index (χ1) is 5.49. The molecule has 0 fully saturated rings. The minimum Gasteiger partial charge on any atom is -0.0877 e. The number of hydrogen-bond donors (Lipinski definition) is 0. The van der Waals surface area contributed by atoms with Crippen LogP contribution in [0.15, 0.2) is 12.2 Å². The first-order valence-electron chi connectivity index (χ1n) is 5.16. The fourth-order valence-electron chi connectivity index (χ4n) is 1.17. The average molecular weight is 168 g/mol. The summed E-state index contributed by atoms with van der Waals surface area (Å²) in [6.07, 6.45) is 8.47. The Hall–Kier alpha value is -0.260. The van der Waals surface area contributed by atoms with Crippen molar-refractivity contribution in [1.82, 2.24) is 0 Å². The Morgan fingerprint density at radius 3 is 1.92 bits per heavy atom. The topological polar surface area (TPSA) is 0 Å². The Balaban J connectivity index is 3.74. The maximum Gasteiger partial charge on any atom is -0.0239 e. The molecular weight excluding hydrogens is 144 g/mol. The Morgan fingerprint density at radius 1 is 1.08 bits per heavy atom. The van der Waals surface area contributed by atoms with Crippen LogP contribution in [0.3, 0.4) is 0 Å². The number of rotatable bonds is 4. The Morgan fingerprint density at radius 2 is 1.58 bits per heavy atom. The van der Waals surface area contributed by atoms with E-state index in [9.17, 15) is 0 Å². The van der Waals surface area contributed by atoms with E-state index in [1.165, 1.54) is 19.3 Å². The van der Waals surface area contributed by atoms with Gasteiger partial charge in [-0.25, -0.2) is 0 Å². The van der Waals surface area contributed by atoms with Crippen LogP contribution in [0, 0.1) is 11.3 Å². The van der Waals surface area contributed by atoms with E-state index >= 15 is 0 Å². The molecule has 0 atom stereocenters. The van der Waals surface area contributed by atoms with Crippen molar-refractivity contribution in [2.24, 2.45) is 11.3 Å². The molecular formula is C12H24. The number of allylic oxidation sites excluding steroid dienone is 2. The molecule has 0 spiro atoms. The van der Waals surface area contributed by atoms with Crippen LogP contribution >= 0.6 is 0 Å². The molecule has 0 aliphatic carbocycles. The summed E-state index contributed by atoms with van der Waals surface area (Å²) < 4.78 is 0. The highest BCUT2D eigenvalue weighted by Gasteiger charge is 2.06. The third kappa shape index (κ3) is 6.45. The predicted octanol–water partition coefficient (Wildman–Crippen LogP) is 4.42. The predicted molar refractivity (Wildman–Crippen MR) is 57.3 cm³/mol. The lowest BCUT2D eigenvalue weighted by Gasteiger charge is -2.15. The highest BCUT2D eigenvalue weighted by atomic mass is 14.1. The van der Waals surface area contributed by atoms with Crippen molar-refractivity contribution < 1.29 is 0 Å². The summed E-state index contributed by atoms with van der Waals surface area (Å²) >= 11 is 0. The molecule has 12 heavy (non-hydrogen) atoms. The van der Waals surface area contributed by atoms with Gasteiger partial charge in [0, 0.05) is 0 Å². The summed E-state index contributed by atoms with van der Waals surface area (Å²) in [6, 6.07) is 0. The van der Waals surface area contributed by atoms with Crippen molar-refractivity contribution in [3.63, 3.8) is 0 Å². The van der Waals surface area contributed by atoms with Crippen molar-refractivity contribution in [3.05, 3.63) is 12.2 Å². The molecule has 0 radical (unpaired) electrons. The van der Waals surface area contributed by atoms with E-state index in [1.54, 1.807) is 0 Å². The summed E-state index contributed by atoms with van der Waals surface area (Å²) in [7, 11) is 0. The Kier molecular flexibility index (Phi) is 5.28. The molecule has 0 heteroatoms. The van der Waals surface area contributed by atoms with Gasteiger partial charge in [0.05, 0.1) is 0 Å². The molecule has 0 saturated heterocycles. The van der Waals surface area contributed by atoms with Gasteiger partial charge in [0.1, 0.15) is 0 Å². The van der Waals surface area contributed by atoms with Gasteiger partial charge in [-0.2, -0.15) is 0 Å². The highest BCUT2D eigenvalue weighted by Crippen LogP contribution is 2.20. The smallest absolute Gasteiger partial charge is 0.0239 e. The molecule has 0 rings (SSSR count). The third-order valence-electron chi connectivity index (χ3n) is 2.19. The minimum absolute atomic E-state index is 0.447. The summed E-state index contributed by atoms with van der Waals surface area (Å²) in [5, 5.41) is 0. The van der Waals surface area contributed by atoms with Crippen molar-refractivity contribution >= 4 is 0 Å². The molecule has 0 aromatic carbocycles. The van der Waals surface area contributed by atoms with Crippen molar-refractivity contribution in [2.75, 3.05) is 0 Å². The van der Waals surface area contributed by atoms with Crippen molar-refractivity contribution in [2.45, 2.75) is 53.9 Å². The number of hydrogen-bond acceptors (Lipinski definition) is 0. The Bertz CT molecular complexity index is 121. The summed E-state index contributed by atoms with van der Waals surface area (Å²) in [4.78, 5) is 0. The second-order valence-electron chi connectivity index (χ2n) is 4.77. The lowest BCUT2D eigenvalue weighted by atomic mass is 9.91. The molecule has 0 heterocycles. The lowest BCUT2D eigenvalue weighted by Crippen LogP contribution is -2.02. The van der Waals surface area contributed by atoms with Crippen LogP contribution in [-0.4, -0.2) is 0 Å². The summed E-state index contributed by atoms with van der Waals surface area (Å²) in [6.45, 7) is 11.4. The zero-order valence-corrected chi connectivity index (χ0v) is 9.35. The molecule has 0 aromatic heterocycles. The van der Waals surface area contributed by atoms with Gasteiger partial charge in [-0.3, -0.25) is 0 Å². The van der Waals surface area contributed by atoms with E-state index in [0.717, 1.165) is 5.92 Å². The maximum atomic E-state index is 2.38. The molecule has 0 amide bonds. The van der Waals surface area contributed by atoms with Gasteiger partial charge in [0.2, 0.25) is 0 Å². The highest BCUT2D eigenvalue weighted by molar-refractivity contribution is 4.90. The van der Waals surface area contributed by atoms with E-state index in [4.69, 9.17) is 0 Å². The van der Waals surface area contributed by atoms with E-state index in [2.05, 4.69) is 46.8 Å².